The summed E-state index contributed by atoms with van der Waals surface area (Å²) in [6, 6.07) is 19.7. The fourth-order valence-corrected chi connectivity index (χ4v) is 5.20. The molecule has 1 saturated heterocycles. The number of benzene rings is 2. The number of fused-ring (bicyclic) bond motifs is 1. The van der Waals surface area contributed by atoms with E-state index < -0.39 is 0 Å². The van der Waals surface area contributed by atoms with Gasteiger partial charge >= 0.3 is 0 Å². The Balaban J connectivity index is 1.41. The minimum absolute atomic E-state index is 0.0724. The predicted octanol–water partition coefficient (Wildman–Crippen LogP) is 4.64. The number of nitrogens with zero attached hydrogens (tertiary/aromatic N) is 5. The van der Waals surface area contributed by atoms with E-state index in [0.717, 1.165) is 47.4 Å². The molecule has 2 aromatic heterocycles. The summed E-state index contributed by atoms with van der Waals surface area (Å²) in [6.07, 6.45) is 4.36. The molecule has 0 bridgehead atoms. The van der Waals surface area contributed by atoms with Gasteiger partial charge in [-0.15, -0.1) is 10.2 Å². The molecular weight excluding hydrogens is 460 g/mol. The van der Waals surface area contributed by atoms with Crippen LogP contribution in [0.15, 0.2) is 66.0 Å². The highest BCUT2D eigenvalue weighted by molar-refractivity contribution is 7.99. The molecule has 3 heterocycles. The van der Waals surface area contributed by atoms with Crippen LogP contribution in [0.5, 0.6) is 0 Å². The maximum Gasteiger partial charge on any atom is 0.237 e. The van der Waals surface area contributed by atoms with E-state index in [2.05, 4.69) is 31.9 Å². The van der Waals surface area contributed by atoms with E-state index in [-0.39, 0.29) is 24.2 Å². The molecule has 1 atom stereocenters. The van der Waals surface area contributed by atoms with Crippen LogP contribution in [0.3, 0.4) is 0 Å². The minimum atomic E-state index is -0.0724. The van der Waals surface area contributed by atoms with Crippen molar-refractivity contribution in [3.63, 3.8) is 0 Å². The molecule has 8 nitrogen and oxygen atoms in total. The number of rotatable bonds is 9. The number of H-pyrrole nitrogens is 1. The number of anilines is 1. The van der Waals surface area contributed by atoms with E-state index in [4.69, 9.17) is 10.00 Å². The zero-order valence-electron chi connectivity index (χ0n) is 19.3. The first-order chi connectivity index (χ1) is 17.2. The molecule has 2 aromatic carbocycles. The molecule has 0 saturated carbocycles. The van der Waals surface area contributed by atoms with Gasteiger partial charge in [-0.3, -0.25) is 9.36 Å². The number of aromatic nitrogens is 4. The summed E-state index contributed by atoms with van der Waals surface area (Å²) in [5.74, 6) is 0.881. The lowest BCUT2D eigenvalue weighted by Gasteiger charge is -2.21. The van der Waals surface area contributed by atoms with Crippen molar-refractivity contribution in [1.29, 1.82) is 5.26 Å². The molecule has 1 N–H and O–H groups in total. The second-order valence-corrected chi connectivity index (χ2v) is 9.32. The molecule has 4 aromatic rings. The number of amides is 1. The van der Waals surface area contributed by atoms with Crippen LogP contribution in [-0.4, -0.2) is 50.7 Å². The number of para-hydroxylation sites is 2. The van der Waals surface area contributed by atoms with E-state index in [1.807, 2.05) is 54.7 Å². The van der Waals surface area contributed by atoms with E-state index in [1.165, 1.54) is 11.8 Å². The number of aromatic amines is 1. The van der Waals surface area contributed by atoms with Gasteiger partial charge in [0.05, 0.1) is 30.9 Å². The Hall–Kier alpha value is -3.61. The van der Waals surface area contributed by atoms with Gasteiger partial charge in [0, 0.05) is 41.5 Å². The number of hydrogen-bond donors (Lipinski definition) is 1. The number of thioether (sulfide) groups is 1. The van der Waals surface area contributed by atoms with Crippen molar-refractivity contribution in [3.8, 4) is 17.5 Å². The summed E-state index contributed by atoms with van der Waals surface area (Å²) >= 11 is 1.37. The number of carbonyl (C=O) groups is 1. The molecule has 1 aliphatic rings. The highest BCUT2D eigenvalue weighted by Gasteiger charge is 2.24. The Morgan fingerprint density at radius 3 is 2.83 bits per heavy atom. The van der Waals surface area contributed by atoms with Crippen LogP contribution in [0.25, 0.3) is 22.3 Å². The zero-order chi connectivity index (χ0) is 24.0. The molecule has 1 amide bonds. The maximum atomic E-state index is 13.2. The SMILES string of the molecule is N#CCCN(C(=O)CSc1nnc(-c2c[nH]c3ccccc23)n1CC1CCCO1)c1ccccc1. The standard InChI is InChI=1S/C26H26N6O2S/c27-13-7-14-31(19-8-2-1-3-9-19)24(33)18-35-26-30-29-25(32(26)17-20-10-6-15-34-20)22-16-28-23-12-5-4-11-21(22)23/h1-5,8-9,11-12,16,20,28H,6-7,10,14-15,17-18H2. The van der Waals surface area contributed by atoms with E-state index in [1.54, 1.807) is 4.90 Å². The molecule has 1 fully saturated rings. The summed E-state index contributed by atoms with van der Waals surface area (Å²) in [7, 11) is 0. The van der Waals surface area contributed by atoms with Crippen LogP contribution in [0.1, 0.15) is 19.3 Å². The molecule has 0 spiro atoms. The molecule has 178 valence electrons. The van der Waals surface area contributed by atoms with Crippen molar-refractivity contribution in [2.24, 2.45) is 0 Å². The Kier molecular flexibility index (Phi) is 7.12. The summed E-state index contributed by atoms with van der Waals surface area (Å²) in [6.45, 7) is 1.75. The Morgan fingerprint density at radius 1 is 1.20 bits per heavy atom. The van der Waals surface area contributed by atoms with E-state index >= 15 is 0 Å². The van der Waals surface area contributed by atoms with Crippen LogP contribution in [0, 0.1) is 11.3 Å². The van der Waals surface area contributed by atoms with Gasteiger partial charge in [-0.05, 0) is 31.0 Å². The van der Waals surface area contributed by atoms with Crippen molar-refractivity contribution in [1.82, 2.24) is 19.7 Å². The average Bonchev–Trinajstić information content (AvgIpc) is 3.64. The molecular formula is C26H26N6O2S. The Labute approximate surface area is 207 Å². The average molecular weight is 487 g/mol. The topological polar surface area (TPSA) is 99.8 Å². The van der Waals surface area contributed by atoms with E-state index in [9.17, 15) is 4.79 Å². The van der Waals surface area contributed by atoms with Gasteiger partial charge in [-0.2, -0.15) is 5.26 Å². The number of nitrogens with one attached hydrogen (secondary N) is 1. The number of carbonyl (C=O) groups excluding carboxylic acids is 1. The smallest absolute Gasteiger partial charge is 0.237 e. The first-order valence-electron chi connectivity index (χ1n) is 11.7. The molecule has 1 aliphatic heterocycles. The molecule has 35 heavy (non-hydrogen) atoms. The third-order valence-electron chi connectivity index (χ3n) is 6.10. The van der Waals surface area contributed by atoms with Gasteiger partial charge < -0.3 is 14.6 Å². The van der Waals surface area contributed by atoms with Crippen molar-refractivity contribution in [3.05, 3.63) is 60.8 Å². The monoisotopic (exact) mass is 486 g/mol. The highest BCUT2D eigenvalue weighted by Crippen LogP contribution is 2.31. The van der Waals surface area contributed by atoms with Gasteiger partial charge in [0.15, 0.2) is 11.0 Å². The lowest BCUT2D eigenvalue weighted by molar-refractivity contribution is -0.116. The first kappa shape index (κ1) is 23.1. The van der Waals surface area contributed by atoms with Crippen molar-refractivity contribution in [2.75, 3.05) is 23.8 Å². The highest BCUT2D eigenvalue weighted by atomic mass is 32.2. The normalized spacial score (nSPS) is 15.3. The third-order valence-corrected chi connectivity index (χ3v) is 7.05. The number of nitriles is 1. The number of hydrogen-bond acceptors (Lipinski definition) is 6. The predicted molar refractivity (Wildman–Crippen MR) is 136 cm³/mol. The fourth-order valence-electron chi connectivity index (χ4n) is 4.38. The second-order valence-electron chi connectivity index (χ2n) is 8.38. The summed E-state index contributed by atoms with van der Waals surface area (Å²) < 4.78 is 7.98. The molecule has 0 radical (unpaired) electrons. The van der Waals surface area contributed by atoms with Crippen LogP contribution in [0.2, 0.25) is 0 Å². The zero-order valence-corrected chi connectivity index (χ0v) is 20.1. The largest absolute Gasteiger partial charge is 0.376 e. The molecule has 5 rings (SSSR count). The van der Waals surface area contributed by atoms with Crippen LogP contribution in [-0.2, 0) is 16.1 Å². The summed E-state index contributed by atoms with van der Waals surface area (Å²) in [5, 5.41) is 19.8. The van der Waals surface area contributed by atoms with Crippen LogP contribution >= 0.6 is 11.8 Å². The lowest BCUT2D eigenvalue weighted by atomic mass is 10.1. The van der Waals surface area contributed by atoms with Gasteiger partial charge in [0.25, 0.3) is 0 Å². The first-order valence-corrected chi connectivity index (χ1v) is 12.7. The minimum Gasteiger partial charge on any atom is -0.376 e. The summed E-state index contributed by atoms with van der Waals surface area (Å²) in [5.41, 5.74) is 2.80. The van der Waals surface area contributed by atoms with Gasteiger partial charge in [0.2, 0.25) is 5.91 Å². The van der Waals surface area contributed by atoms with Crippen molar-refractivity contribution < 1.29 is 9.53 Å². The van der Waals surface area contributed by atoms with Gasteiger partial charge in [-0.1, -0.05) is 48.2 Å². The third kappa shape index (κ3) is 5.09. The maximum absolute atomic E-state index is 13.2. The van der Waals surface area contributed by atoms with Crippen molar-refractivity contribution in [2.45, 2.75) is 37.1 Å². The van der Waals surface area contributed by atoms with Crippen LogP contribution in [0.4, 0.5) is 5.69 Å². The molecule has 1 unspecified atom stereocenters. The van der Waals surface area contributed by atoms with Crippen LogP contribution < -0.4 is 4.90 Å². The molecule has 9 heteroatoms. The summed E-state index contributed by atoms with van der Waals surface area (Å²) in [4.78, 5) is 18.2. The quantitative estimate of drug-likeness (QED) is 0.346. The number of ether oxygens (including phenoxy) is 1. The fraction of sp³-hybridized carbons (Fsp3) is 0.308. The molecule has 0 aliphatic carbocycles. The Bertz CT molecular complexity index is 1340. The van der Waals surface area contributed by atoms with E-state index in [0.29, 0.717) is 18.2 Å². The lowest BCUT2D eigenvalue weighted by Crippen LogP contribution is -2.33. The van der Waals surface area contributed by atoms with Crippen molar-refractivity contribution >= 4 is 34.3 Å². The second kappa shape index (κ2) is 10.8. The van der Waals surface area contributed by atoms with Gasteiger partial charge in [-0.25, -0.2) is 0 Å². The van der Waals surface area contributed by atoms with Gasteiger partial charge in [0.1, 0.15) is 0 Å². The Morgan fingerprint density at radius 2 is 2.03 bits per heavy atom.